The molecule has 2 aromatic carbocycles. The molecule has 9 nitrogen and oxygen atoms in total. The van der Waals surface area contributed by atoms with Crippen molar-refractivity contribution >= 4 is 28.7 Å². The van der Waals surface area contributed by atoms with E-state index < -0.39 is 0 Å². The van der Waals surface area contributed by atoms with Crippen molar-refractivity contribution in [1.29, 1.82) is 0 Å². The van der Waals surface area contributed by atoms with Gasteiger partial charge < -0.3 is 15.7 Å². The molecule has 9 heteroatoms. The van der Waals surface area contributed by atoms with Crippen molar-refractivity contribution in [1.82, 2.24) is 30.3 Å². The normalized spacial score (nSPS) is 11.2. The summed E-state index contributed by atoms with van der Waals surface area (Å²) >= 11 is 0. The minimum absolute atomic E-state index is 0.0365. The summed E-state index contributed by atoms with van der Waals surface area (Å²) in [6, 6.07) is 15.5. The molecule has 0 radical (unpaired) electrons. The van der Waals surface area contributed by atoms with Crippen LogP contribution in [0.3, 0.4) is 0 Å². The molecule has 2 aromatic heterocycles. The summed E-state index contributed by atoms with van der Waals surface area (Å²) in [6.45, 7) is 4.61. The minimum Gasteiger partial charge on any atom is -0.396 e. The zero-order valence-electron chi connectivity index (χ0n) is 18.7. The average molecular weight is 446 g/mol. The van der Waals surface area contributed by atoms with E-state index in [1.165, 1.54) is 0 Å². The van der Waals surface area contributed by atoms with Gasteiger partial charge >= 0.3 is 0 Å². The van der Waals surface area contributed by atoms with E-state index in [2.05, 4.69) is 30.9 Å². The lowest BCUT2D eigenvalue weighted by Crippen LogP contribution is -2.23. The van der Waals surface area contributed by atoms with Gasteiger partial charge in [0.2, 0.25) is 11.9 Å². The van der Waals surface area contributed by atoms with E-state index in [0.29, 0.717) is 42.4 Å². The highest BCUT2D eigenvalue weighted by atomic mass is 16.3. The van der Waals surface area contributed by atoms with Gasteiger partial charge in [-0.1, -0.05) is 43.3 Å². The summed E-state index contributed by atoms with van der Waals surface area (Å²) in [5, 5.41) is 23.6. The van der Waals surface area contributed by atoms with E-state index in [9.17, 15) is 4.79 Å². The number of aliphatic hydroxyl groups excluding tert-OH is 1. The number of carbonyl (C=O) groups excluding carboxylic acids is 1. The van der Waals surface area contributed by atoms with Crippen molar-refractivity contribution in [3.63, 3.8) is 0 Å². The third-order valence-corrected chi connectivity index (χ3v) is 5.04. The fourth-order valence-electron chi connectivity index (χ4n) is 3.42. The lowest BCUT2D eigenvalue weighted by atomic mass is 10.1. The first kappa shape index (κ1) is 22.3. The van der Waals surface area contributed by atoms with Gasteiger partial charge in [-0.05, 0) is 47.7 Å². The Balaban J connectivity index is 1.53. The number of aliphatic hydroxyl groups is 1. The van der Waals surface area contributed by atoms with Gasteiger partial charge in [0.05, 0.1) is 11.9 Å². The number of nitrogens with one attached hydrogen (secondary N) is 2. The van der Waals surface area contributed by atoms with Gasteiger partial charge in [-0.2, -0.15) is 9.67 Å². The molecule has 4 aromatic rings. The molecule has 0 aliphatic rings. The summed E-state index contributed by atoms with van der Waals surface area (Å²) in [5.74, 6) is 0.784. The number of benzene rings is 2. The molecule has 2 heterocycles. The predicted molar refractivity (Wildman–Crippen MR) is 126 cm³/mol. The van der Waals surface area contributed by atoms with Crippen LogP contribution in [0.15, 0.2) is 54.7 Å². The smallest absolute Gasteiger partial charge is 0.229 e. The quantitative estimate of drug-likeness (QED) is 0.362. The first-order chi connectivity index (χ1) is 16.0. The van der Waals surface area contributed by atoms with E-state index in [1.807, 2.05) is 62.4 Å². The van der Waals surface area contributed by atoms with E-state index in [-0.39, 0.29) is 12.5 Å². The van der Waals surface area contributed by atoms with Crippen LogP contribution in [0.5, 0.6) is 0 Å². The summed E-state index contributed by atoms with van der Waals surface area (Å²) in [6.07, 6.45) is 2.75. The molecule has 4 rings (SSSR count). The van der Waals surface area contributed by atoms with Crippen LogP contribution in [-0.4, -0.2) is 42.6 Å². The number of nitrogens with zero attached hydrogens (tertiary/aromatic N) is 5. The van der Waals surface area contributed by atoms with E-state index in [1.54, 1.807) is 10.9 Å². The molecule has 3 N–H and O–H groups in total. The SMILES string of the molecule is CC(C)CC(=O)NCc1cccc(-n2nnc3cnc(Nc4ccc(CCO)cc4)nc32)c1. The van der Waals surface area contributed by atoms with Crippen molar-refractivity contribution in [2.45, 2.75) is 33.2 Å². The van der Waals surface area contributed by atoms with Crippen molar-refractivity contribution in [3.8, 4) is 5.69 Å². The number of carbonyl (C=O) groups is 1. The maximum atomic E-state index is 12.0. The molecule has 0 saturated heterocycles. The molecule has 0 unspecified atom stereocenters. The highest BCUT2D eigenvalue weighted by Crippen LogP contribution is 2.19. The Morgan fingerprint density at radius 3 is 2.70 bits per heavy atom. The van der Waals surface area contributed by atoms with Crippen molar-refractivity contribution in [3.05, 3.63) is 65.9 Å². The fraction of sp³-hybridized carbons (Fsp3) is 0.292. The van der Waals surface area contributed by atoms with E-state index in [0.717, 1.165) is 22.5 Å². The molecule has 0 atom stereocenters. The lowest BCUT2D eigenvalue weighted by Gasteiger charge is -2.09. The standard InChI is InChI=1S/C24H27N7O2/c1-16(2)12-22(33)25-14-18-4-3-5-20(13-18)31-23-21(29-30-31)15-26-24(28-23)27-19-8-6-17(7-9-19)10-11-32/h3-9,13,15-16,32H,10-12,14H2,1-2H3,(H,25,33)(H,26,27,28). The molecule has 33 heavy (non-hydrogen) atoms. The Morgan fingerprint density at radius 1 is 1.12 bits per heavy atom. The Bertz CT molecular complexity index is 1240. The number of fused-ring (bicyclic) bond motifs is 1. The molecule has 0 saturated carbocycles. The zero-order chi connectivity index (χ0) is 23.2. The Kier molecular flexibility index (Phi) is 6.89. The number of aromatic nitrogens is 5. The molecule has 0 aliphatic heterocycles. The van der Waals surface area contributed by atoms with Gasteiger partial charge in [-0.3, -0.25) is 4.79 Å². The third-order valence-electron chi connectivity index (χ3n) is 5.04. The summed E-state index contributed by atoms with van der Waals surface area (Å²) in [5.41, 5.74) is 4.81. The van der Waals surface area contributed by atoms with E-state index in [4.69, 9.17) is 5.11 Å². The molecule has 170 valence electrons. The molecule has 0 aliphatic carbocycles. The first-order valence-electron chi connectivity index (χ1n) is 10.9. The third kappa shape index (κ3) is 5.69. The monoisotopic (exact) mass is 445 g/mol. The van der Waals surface area contributed by atoms with Gasteiger partial charge in [0.25, 0.3) is 0 Å². The number of hydrogen-bond donors (Lipinski definition) is 3. The molecular formula is C24H27N7O2. The topological polar surface area (TPSA) is 118 Å². The van der Waals surface area contributed by atoms with Crippen molar-refractivity contribution < 1.29 is 9.90 Å². The highest BCUT2D eigenvalue weighted by molar-refractivity contribution is 5.76. The predicted octanol–water partition coefficient (Wildman–Crippen LogP) is 3.15. The number of amides is 1. The van der Waals surface area contributed by atoms with Gasteiger partial charge in [0.1, 0.15) is 0 Å². The summed E-state index contributed by atoms with van der Waals surface area (Å²) in [4.78, 5) is 20.9. The number of rotatable bonds is 9. The minimum atomic E-state index is 0.0365. The van der Waals surface area contributed by atoms with Crippen LogP contribution in [0.4, 0.5) is 11.6 Å². The van der Waals surface area contributed by atoms with Crippen LogP contribution in [0.25, 0.3) is 16.9 Å². The summed E-state index contributed by atoms with van der Waals surface area (Å²) in [7, 11) is 0. The van der Waals surface area contributed by atoms with Gasteiger partial charge in [0.15, 0.2) is 11.2 Å². The molecule has 0 spiro atoms. The summed E-state index contributed by atoms with van der Waals surface area (Å²) < 4.78 is 1.66. The fourth-order valence-corrected chi connectivity index (χ4v) is 3.42. The second-order valence-corrected chi connectivity index (χ2v) is 8.24. The Morgan fingerprint density at radius 2 is 1.94 bits per heavy atom. The molecular weight excluding hydrogens is 418 g/mol. The zero-order valence-corrected chi connectivity index (χ0v) is 18.7. The van der Waals surface area contributed by atoms with Crippen LogP contribution in [-0.2, 0) is 17.8 Å². The first-order valence-corrected chi connectivity index (χ1v) is 10.9. The molecule has 0 bridgehead atoms. The maximum Gasteiger partial charge on any atom is 0.229 e. The van der Waals surface area contributed by atoms with Crippen molar-refractivity contribution in [2.24, 2.45) is 5.92 Å². The Hall–Kier alpha value is -3.85. The maximum absolute atomic E-state index is 12.0. The van der Waals surface area contributed by atoms with Crippen LogP contribution in [0.2, 0.25) is 0 Å². The second kappa shape index (κ2) is 10.2. The largest absolute Gasteiger partial charge is 0.396 e. The number of anilines is 2. The van der Waals surface area contributed by atoms with Crippen LogP contribution in [0, 0.1) is 5.92 Å². The van der Waals surface area contributed by atoms with Crippen molar-refractivity contribution in [2.75, 3.05) is 11.9 Å². The lowest BCUT2D eigenvalue weighted by molar-refractivity contribution is -0.121. The van der Waals surface area contributed by atoms with Crippen LogP contribution < -0.4 is 10.6 Å². The number of hydrogen-bond acceptors (Lipinski definition) is 7. The van der Waals surface area contributed by atoms with Gasteiger partial charge in [0, 0.05) is 25.3 Å². The highest BCUT2D eigenvalue weighted by Gasteiger charge is 2.11. The second-order valence-electron chi connectivity index (χ2n) is 8.24. The molecule has 0 fully saturated rings. The van der Waals surface area contributed by atoms with Gasteiger partial charge in [-0.15, -0.1) is 5.10 Å². The molecule has 1 amide bonds. The van der Waals surface area contributed by atoms with Gasteiger partial charge in [-0.25, -0.2) is 4.98 Å². The average Bonchev–Trinajstić information content (AvgIpc) is 3.22. The van der Waals surface area contributed by atoms with E-state index >= 15 is 0 Å². The van der Waals surface area contributed by atoms with Crippen LogP contribution in [0.1, 0.15) is 31.4 Å². The van der Waals surface area contributed by atoms with Crippen LogP contribution >= 0.6 is 0 Å². The Labute approximate surface area is 191 Å².